The number of hydrogen-bond donors (Lipinski definition) is 2. The molecule has 0 saturated carbocycles. The molecular weight excluding hydrogens is 496 g/mol. The highest BCUT2D eigenvalue weighted by Crippen LogP contribution is 2.43. The average Bonchev–Trinajstić information content (AvgIpc) is 2.97. The van der Waals surface area contributed by atoms with Crippen molar-refractivity contribution in [2.45, 2.75) is 43.6 Å². The van der Waals surface area contributed by atoms with Crippen LogP contribution < -0.4 is 10.5 Å². The van der Waals surface area contributed by atoms with Gasteiger partial charge in [0.1, 0.15) is 0 Å². The van der Waals surface area contributed by atoms with Gasteiger partial charge in [-0.1, -0.05) is 91.5 Å². The third kappa shape index (κ3) is 5.77. The Morgan fingerprint density at radius 1 is 0.895 bits per heavy atom. The lowest BCUT2D eigenvalue weighted by Crippen LogP contribution is -2.39. The van der Waals surface area contributed by atoms with Crippen molar-refractivity contribution in [2.75, 3.05) is 5.75 Å². The van der Waals surface area contributed by atoms with Gasteiger partial charge >= 0.3 is 0 Å². The topological polar surface area (TPSA) is 91.7 Å². The molecule has 1 aromatic heterocycles. The van der Waals surface area contributed by atoms with E-state index in [9.17, 15) is 10.3 Å². The first kappa shape index (κ1) is 26.4. The molecule has 0 aliphatic carbocycles. The molecule has 4 aromatic rings. The van der Waals surface area contributed by atoms with Crippen LogP contribution in [0.1, 0.15) is 41.6 Å². The lowest BCUT2D eigenvalue weighted by Gasteiger charge is -2.41. The lowest BCUT2D eigenvalue weighted by molar-refractivity contribution is -0.645. The van der Waals surface area contributed by atoms with Crippen molar-refractivity contribution in [1.29, 1.82) is 0 Å². The van der Waals surface area contributed by atoms with Gasteiger partial charge in [0.25, 0.3) is 5.03 Å². The van der Waals surface area contributed by atoms with E-state index < -0.39 is 6.29 Å². The fourth-order valence-electron chi connectivity index (χ4n) is 4.80. The molecule has 1 saturated heterocycles. The number of aliphatic hydroxyl groups is 1. The minimum Gasteiger partial charge on any atom is -0.618 e. The van der Waals surface area contributed by atoms with Gasteiger partial charge in [-0.05, 0) is 33.9 Å². The Kier molecular flexibility index (Phi) is 8.42. The van der Waals surface area contributed by atoms with Crippen LogP contribution in [-0.2, 0) is 22.6 Å². The molecule has 0 spiro atoms. The minimum atomic E-state index is -0.562. The SMILES string of the molecule is C[C@H]1[C@@H](CSc2cccc[n+]2[O-])O[C@@H](c2ccc(-c3ccccc3CN)cc2)O[C@H]1c1ccc(CO)cc1. The highest BCUT2D eigenvalue weighted by Gasteiger charge is 2.38. The zero-order chi connectivity index (χ0) is 26.5. The molecule has 38 heavy (non-hydrogen) atoms. The molecule has 3 aromatic carbocycles. The molecule has 0 radical (unpaired) electrons. The fraction of sp³-hybridized carbons (Fsp3) is 0.258. The number of hydrogen-bond acceptors (Lipinski definition) is 6. The third-order valence-corrected chi connectivity index (χ3v) is 8.15. The van der Waals surface area contributed by atoms with E-state index in [-0.39, 0.29) is 24.7 Å². The Morgan fingerprint density at radius 3 is 2.32 bits per heavy atom. The number of aliphatic hydroxyl groups excluding tert-OH is 1. The summed E-state index contributed by atoms with van der Waals surface area (Å²) in [4.78, 5) is 0. The normalized spacial score (nSPS) is 21.3. The summed E-state index contributed by atoms with van der Waals surface area (Å²) in [6.45, 7) is 2.60. The summed E-state index contributed by atoms with van der Waals surface area (Å²) < 4.78 is 14.0. The van der Waals surface area contributed by atoms with Crippen molar-refractivity contribution in [3.8, 4) is 11.1 Å². The average molecular weight is 529 g/mol. The van der Waals surface area contributed by atoms with Crippen molar-refractivity contribution in [1.82, 2.24) is 0 Å². The standard InChI is InChI=1S/C31H32N2O4S/c1-21-28(20-38-29-8-4-5-17-33(29)35)36-31(37-30(21)24-11-9-22(19-34)10-12-24)25-15-13-23(14-16-25)27-7-3-2-6-26(27)18-32/h2-17,21,28,30-31,34H,18-20,32H2,1H3/t21-,28+,30+,31+/m0/s1. The molecule has 2 heterocycles. The van der Waals surface area contributed by atoms with Gasteiger partial charge in [-0.2, -0.15) is 4.73 Å². The second-order valence-electron chi connectivity index (χ2n) is 9.48. The predicted molar refractivity (Wildman–Crippen MR) is 149 cm³/mol. The number of pyridine rings is 1. The highest BCUT2D eigenvalue weighted by molar-refractivity contribution is 7.99. The largest absolute Gasteiger partial charge is 0.618 e. The van der Waals surface area contributed by atoms with E-state index in [0.717, 1.165) is 38.1 Å². The van der Waals surface area contributed by atoms with E-state index in [1.165, 1.54) is 18.0 Å². The summed E-state index contributed by atoms with van der Waals surface area (Å²) in [5.41, 5.74) is 12.1. The number of nitrogens with zero attached hydrogens (tertiary/aromatic N) is 1. The molecule has 7 heteroatoms. The third-order valence-electron chi connectivity index (χ3n) is 7.04. The molecule has 5 rings (SSSR count). The van der Waals surface area contributed by atoms with Crippen molar-refractivity contribution >= 4 is 11.8 Å². The van der Waals surface area contributed by atoms with Gasteiger partial charge < -0.3 is 25.5 Å². The predicted octanol–water partition coefficient (Wildman–Crippen LogP) is 5.52. The fourth-order valence-corrected chi connectivity index (χ4v) is 5.88. The van der Waals surface area contributed by atoms with Crippen LogP contribution in [0.3, 0.4) is 0 Å². The summed E-state index contributed by atoms with van der Waals surface area (Å²) in [5.74, 6) is 0.652. The van der Waals surface area contributed by atoms with Gasteiger partial charge in [0, 0.05) is 35.9 Å². The molecule has 1 aliphatic rings. The van der Waals surface area contributed by atoms with Gasteiger partial charge in [0.2, 0.25) is 0 Å². The first-order valence-electron chi connectivity index (χ1n) is 12.8. The molecule has 0 unspecified atom stereocenters. The van der Waals surface area contributed by atoms with Gasteiger partial charge in [-0.15, -0.1) is 0 Å². The number of nitrogens with two attached hydrogens (primary N) is 1. The van der Waals surface area contributed by atoms with E-state index >= 15 is 0 Å². The van der Waals surface area contributed by atoms with Gasteiger partial charge in [-0.3, -0.25) is 0 Å². The number of thioether (sulfide) groups is 1. The molecule has 3 N–H and O–H groups in total. The molecule has 4 atom stereocenters. The maximum atomic E-state index is 12.2. The summed E-state index contributed by atoms with van der Waals surface area (Å²) >= 11 is 1.49. The van der Waals surface area contributed by atoms with E-state index in [1.54, 1.807) is 6.07 Å². The van der Waals surface area contributed by atoms with E-state index in [0.29, 0.717) is 17.3 Å². The van der Waals surface area contributed by atoms with Crippen LogP contribution in [0.4, 0.5) is 0 Å². The molecule has 0 amide bonds. The maximum Gasteiger partial charge on any atom is 0.251 e. The van der Waals surface area contributed by atoms with Crippen LogP contribution in [0.15, 0.2) is 102 Å². The van der Waals surface area contributed by atoms with Crippen LogP contribution in [0, 0.1) is 11.1 Å². The quantitative estimate of drug-likeness (QED) is 0.178. The van der Waals surface area contributed by atoms with Gasteiger partial charge in [0.05, 0.1) is 18.8 Å². The van der Waals surface area contributed by atoms with Crippen molar-refractivity contribution in [2.24, 2.45) is 11.7 Å². The summed E-state index contributed by atoms with van der Waals surface area (Å²) in [5, 5.41) is 22.3. The van der Waals surface area contributed by atoms with E-state index in [2.05, 4.69) is 25.1 Å². The van der Waals surface area contributed by atoms with Gasteiger partial charge in [0.15, 0.2) is 12.5 Å². The smallest absolute Gasteiger partial charge is 0.251 e. The molecule has 1 aliphatic heterocycles. The zero-order valence-electron chi connectivity index (χ0n) is 21.3. The number of ether oxygens (including phenoxy) is 2. The Morgan fingerprint density at radius 2 is 1.61 bits per heavy atom. The first-order valence-corrected chi connectivity index (χ1v) is 13.8. The monoisotopic (exact) mass is 528 g/mol. The zero-order valence-corrected chi connectivity index (χ0v) is 22.1. The molecule has 6 nitrogen and oxygen atoms in total. The van der Waals surface area contributed by atoms with Crippen molar-refractivity contribution in [3.63, 3.8) is 0 Å². The van der Waals surface area contributed by atoms with Gasteiger partial charge in [-0.25, -0.2) is 0 Å². The Labute approximate surface area is 227 Å². The summed E-state index contributed by atoms with van der Waals surface area (Å²) in [6, 6.07) is 29.7. The molecule has 0 bridgehead atoms. The van der Waals surface area contributed by atoms with Crippen molar-refractivity contribution < 1.29 is 19.3 Å². The maximum absolute atomic E-state index is 12.2. The first-order chi connectivity index (χ1) is 18.6. The van der Waals surface area contributed by atoms with Crippen LogP contribution in [0.5, 0.6) is 0 Å². The van der Waals surface area contributed by atoms with E-state index in [4.69, 9.17) is 15.2 Å². The van der Waals surface area contributed by atoms with Crippen LogP contribution in [-0.4, -0.2) is 17.0 Å². The second-order valence-corrected chi connectivity index (χ2v) is 10.5. The summed E-state index contributed by atoms with van der Waals surface area (Å²) in [7, 11) is 0. The number of rotatable bonds is 8. The lowest BCUT2D eigenvalue weighted by atomic mass is 9.91. The molecule has 196 valence electrons. The molecule has 1 fully saturated rings. The second kappa shape index (κ2) is 12.1. The van der Waals surface area contributed by atoms with Crippen molar-refractivity contribution in [3.05, 3.63) is 125 Å². The Balaban J connectivity index is 1.41. The van der Waals surface area contributed by atoms with Crippen LogP contribution in [0.2, 0.25) is 0 Å². The minimum absolute atomic E-state index is 0.00172. The van der Waals surface area contributed by atoms with Crippen LogP contribution >= 0.6 is 11.8 Å². The van der Waals surface area contributed by atoms with Crippen LogP contribution in [0.25, 0.3) is 11.1 Å². The Hall–Kier alpha value is -3.20. The highest BCUT2D eigenvalue weighted by atomic mass is 32.2. The molecular formula is C31H32N2O4S. The Bertz CT molecular complexity index is 1350. The summed E-state index contributed by atoms with van der Waals surface area (Å²) in [6.07, 6.45) is 0.585. The van der Waals surface area contributed by atoms with E-state index in [1.807, 2.05) is 66.7 Å². The number of benzene rings is 3. The number of aromatic nitrogens is 1.